The number of carbonyl (C=O) groups excluding carboxylic acids is 2. The Bertz CT molecular complexity index is 693. The third kappa shape index (κ3) is 6.50. The molecule has 2 N–H and O–H groups in total. The lowest BCUT2D eigenvalue weighted by molar-refractivity contribution is -0.128. The number of likely N-dealkylation sites (tertiary alicyclic amines) is 1. The molecule has 0 bridgehead atoms. The molecular formula is C20H30IN5O2. The van der Waals surface area contributed by atoms with Gasteiger partial charge in [0.15, 0.2) is 5.96 Å². The Labute approximate surface area is 184 Å². The largest absolute Gasteiger partial charge is 0.356 e. The van der Waals surface area contributed by atoms with Crippen molar-refractivity contribution in [2.45, 2.75) is 12.5 Å². The fraction of sp³-hybridized carbons (Fsp3) is 0.450. The number of hydrogen-bond donors (Lipinski definition) is 2. The maximum atomic E-state index is 12.3. The normalized spacial score (nSPS) is 19.0. The lowest BCUT2D eigenvalue weighted by atomic mass is 9.94. The van der Waals surface area contributed by atoms with Crippen LogP contribution in [0.1, 0.15) is 18.0 Å². The first kappa shape index (κ1) is 23.9. The highest BCUT2D eigenvalue weighted by molar-refractivity contribution is 14.0. The first-order chi connectivity index (χ1) is 12.9. The van der Waals surface area contributed by atoms with Crippen LogP contribution in [-0.2, 0) is 9.59 Å². The quantitative estimate of drug-likeness (QED) is 0.259. The standard InChI is InChI=1S/C20H29N5O2.HI/c1-5-11-21-20(23-14-18(27)24(2)3)22-13-16-12-17(26)25(4)19(16)15-9-7-6-8-10-15;/h5-10,16,19H,1,11-14H2,2-4H3,(H2,21,22,23);1H. The highest BCUT2D eigenvalue weighted by atomic mass is 127. The molecule has 8 heteroatoms. The van der Waals surface area contributed by atoms with Crippen molar-refractivity contribution in [3.05, 3.63) is 48.6 Å². The number of amides is 2. The van der Waals surface area contributed by atoms with E-state index in [1.807, 2.05) is 42.3 Å². The number of aliphatic imine (C=N–C) groups is 1. The van der Waals surface area contributed by atoms with Crippen LogP contribution in [0.15, 0.2) is 48.0 Å². The third-order valence-electron chi connectivity index (χ3n) is 4.65. The van der Waals surface area contributed by atoms with E-state index in [0.717, 1.165) is 5.56 Å². The monoisotopic (exact) mass is 499 g/mol. The van der Waals surface area contributed by atoms with Gasteiger partial charge in [0.2, 0.25) is 11.8 Å². The Morgan fingerprint density at radius 2 is 2.00 bits per heavy atom. The van der Waals surface area contributed by atoms with Crippen molar-refractivity contribution in [1.29, 1.82) is 0 Å². The molecule has 1 saturated heterocycles. The van der Waals surface area contributed by atoms with Gasteiger partial charge in [-0.25, -0.2) is 4.99 Å². The lowest BCUT2D eigenvalue weighted by Gasteiger charge is -2.26. The van der Waals surface area contributed by atoms with E-state index in [2.05, 4.69) is 22.2 Å². The number of carbonyl (C=O) groups is 2. The number of rotatable bonds is 7. The number of halogens is 1. The molecule has 28 heavy (non-hydrogen) atoms. The van der Waals surface area contributed by atoms with E-state index in [9.17, 15) is 9.59 Å². The maximum absolute atomic E-state index is 12.3. The SMILES string of the molecule is C=CCNC(=NCC(=O)N(C)C)NCC1CC(=O)N(C)C1c1ccccc1.I. The van der Waals surface area contributed by atoms with Crippen molar-refractivity contribution in [3.63, 3.8) is 0 Å². The smallest absolute Gasteiger partial charge is 0.243 e. The summed E-state index contributed by atoms with van der Waals surface area (Å²) in [4.78, 5) is 31.7. The molecule has 2 amide bonds. The molecule has 0 aliphatic carbocycles. The Morgan fingerprint density at radius 1 is 1.32 bits per heavy atom. The predicted octanol–water partition coefficient (Wildman–Crippen LogP) is 1.63. The summed E-state index contributed by atoms with van der Waals surface area (Å²) in [6.07, 6.45) is 2.21. The Kier molecular flexibility index (Phi) is 9.98. The van der Waals surface area contributed by atoms with Crippen LogP contribution in [0.5, 0.6) is 0 Å². The summed E-state index contributed by atoms with van der Waals surface area (Å²) < 4.78 is 0. The second-order valence-corrected chi connectivity index (χ2v) is 6.83. The van der Waals surface area contributed by atoms with E-state index in [0.29, 0.717) is 25.5 Å². The van der Waals surface area contributed by atoms with Crippen molar-refractivity contribution >= 4 is 41.8 Å². The number of likely N-dealkylation sites (N-methyl/N-ethyl adjacent to an activating group) is 1. The first-order valence-electron chi connectivity index (χ1n) is 9.08. The maximum Gasteiger partial charge on any atom is 0.243 e. The van der Waals surface area contributed by atoms with Gasteiger partial charge in [0.05, 0.1) is 6.04 Å². The molecule has 154 valence electrons. The van der Waals surface area contributed by atoms with E-state index < -0.39 is 0 Å². The molecule has 1 heterocycles. The van der Waals surface area contributed by atoms with Crippen LogP contribution in [0.3, 0.4) is 0 Å². The van der Waals surface area contributed by atoms with Crippen LogP contribution < -0.4 is 10.6 Å². The van der Waals surface area contributed by atoms with Crippen LogP contribution in [-0.4, -0.2) is 68.4 Å². The molecule has 1 fully saturated rings. The minimum atomic E-state index is -0.0763. The molecule has 1 aromatic carbocycles. The van der Waals surface area contributed by atoms with E-state index >= 15 is 0 Å². The third-order valence-corrected chi connectivity index (χ3v) is 4.65. The number of nitrogens with one attached hydrogen (secondary N) is 2. The van der Waals surface area contributed by atoms with Gasteiger partial charge in [-0.1, -0.05) is 36.4 Å². The fourth-order valence-electron chi connectivity index (χ4n) is 3.14. The number of guanidine groups is 1. The van der Waals surface area contributed by atoms with Gasteiger partial charge >= 0.3 is 0 Å². The van der Waals surface area contributed by atoms with Gasteiger partial charge in [-0.2, -0.15) is 0 Å². The summed E-state index contributed by atoms with van der Waals surface area (Å²) in [5.41, 5.74) is 1.12. The summed E-state index contributed by atoms with van der Waals surface area (Å²) in [6, 6.07) is 10.1. The summed E-state index contributed by atoms with van der Waals surface area (Å²) in [5, 5.41) is 6.39. The Morgan fingerprint density at radius 3 is 2.61 bits per heavy atom. The molecule has 7 nitrogen and oxygen atoms in total. The molecule has 2 atom stereocenters. The van der Waals surface area contributed by atoms with Gasteiger partial charge in [-0.15, -0.1) is 30.6 Å². The summed E-state index contributed by atoms with van der Waals surface area (Å²) >= 11 is 0. The van der Waals surface area contributed by atoms with Crippen LogP contribution in [0, 0.1) is 5.92 Å². The Balaban J connectivity index is 0.00000392. The van der Waals surface area contributed by atoms with Crippen molar-refractivity contribution < 1.29 is 9.59 Å². The van der Waals surface area contributed by atoms with Crippen molar-refractivity contribution in [1.82, 2.24) is 20.4 Å². The average Bonchev–Trinajstić information content (AvgIpc) is 2.95. The van der Waals surface area contributed by atoms with Crippen LogP contribution in [0.2, 0.25) is 0 Å². The number of hydrogen-bond acceptors (Lipinski definition) is 3. The van der Waals surface area contributed by atoms with Crippen molar-refractivity contribution in [2.24, 2.45) is 10.9 Å². The molecule has 2 unspecified atom stereocenters. The van der Waals surface area contributed by atoms with Gasteiger partial charge < -0.3 is 20.4 Å². The minimum Gasteiger partial charge on any atom is -0.356 e. The van der Waals surface area contributed by atoms with Gasteiger partial charge in [-0.05, 0) is 5.56 Å². The highest BCUT2D eigenvalue weighted by Gasteiger charge is 2.38. The van der Waals surface area contributed by atoms with Crippen LogP contribution in [0.25, 0.3) is 0 Å². The minimum absolute atomic E-state index is 0. The summed E-state index contributed by atoms with van der Waals surface area (Å²) in [5.74, 6) is 0.715. The highest BCUT2D eigenvalue weighted by Crippen LogP contribution is 2.36. The molecule has 0 saturated carbocycles. The predicted molar refractivity (Wildman–Crippen MR) is 123 cm³/mol. The molecule has 1 aliphatic rings. The number of nitrogens with zero attached hydrogens (tertiary/aromatic N) is 3. The molecule has 1 aliphatic heterocycles. The topological polar surface area (TPSA) is 77.0 Å². The second-order valence-electron chi connectivity index (χ2n) is 6.83. The van der Waals surface area contributed by atoms with Gasteiger partial charge in [0.1, 0.15) is 6.54 Å². The zero-order chi connectivity index (χ0) is 19.8. The van der Waals surface area contributed by atoms with E-state index in [1.54, 1.807) is 20.2 Å². The summed E-state index contributed by atoms with van der Waals surface area (Å²) in [7, 11) is 5.25. The van der Waals surface area contributed by atoms with Gasteiger partial charge in [-0.3, -0.25) is 9.59 Å². The molecule has 1 aromatic rings. The van der Waals surface area contributed by atoms with Gasteiger partial charge in [0.25, 0.3) is 0 Å². The van der Waals surface area contributed by atoms with Gasteiger partial charge in [0, 0.05) is 46.6 Å². The zero-order valence-corrected chi connectivity index (χ0v) is 19.1. The fourth-order valence-corrected chi connectivity index (χ4v) is 3.14. The van der Waals surface area contributed by atoms with Crippen molar-refractivity contribution in [3.8, 4) is 0 Å². The molecule has 0 spiro atoms. The molecule has 0 radical (unpaired) electrons. The second kappa shape index (κ2) is 11.7. The molecule has 0 aromatic heterocycles. The first-order valence-corrected chi connectivity index (χ1v) is 9.08. The molecular weight excluding hydrogens is 469 g/mol. The van der Waals surface area contributed by atoms with Crippen LogP contribution in [0.4, 0.5) is 0 Å². The Hall–Kier alpha value is -2.10. The van der Waals surface area contributed by atoms with Crippen LogP contribution >= 0.6 is 24.0 Å². The number of benzene rings is 1. The summed E-state index contributed by atoms with van der Waals surface area (Å²) in [6.45, 7) is 4.87. The van der Waals surface area contributed by atoms with E-state index in [1.165, 1.54) is 4.90 Å². The lowest BCUT2D eigenvalue weighted by Crippen LogP contribution is -2.41. The van der Waals surface area contributed by atoms with Crippen molar-refractivity contribution in [2.75, 3.05) is 40.8 Å². The van der Waals surface area contributed by atoms with E-state index in [4.69, 9.17) is 0 Å². The molecule has 2 rings (SSSR count). The zero-order valence-electron chi connectivity index (χ0n) is 16.7. The van der Waals surface area contributed by atoms with E-state index in [-0.39, 0.29) is 54.3 Å². The average molecular weight is 499 g/mol.